The maximum Gasteiger partial charge on any atom is 0.201 e. The first kappa shape index (κ1) is 14.1. The summed E-state index contributed by atoms with van der Waals surface area (Å²) in [5.74, 6) is -3.64. The molecule has 3 nitrogen and oxygen atoms in total. The monoisotopic (exact) mass is 278 g/mol. The van der Waals surface area contributed by atoms with Crippen molar-refractivity contribution in [2.24, 2.45) is 0 Å². The molecule has 1 N–H and O–H groups in total. The summed E-state index contributed by atoms with van der Waals surface area (Å²) in [6.07, 6.45) is -1.46. The summed E-state index contributed by atoms with van der Waals surface area (Å²) < 4.78 is 31.4. The number of benzene rings is 2. The lowest BCUT2D eigenvalue weighted by atomic mass is 9.99. The minimum absolute atomic E-state index is 0.206. The number of Topliss-reactive ketones (excluding diaryl/α,β-unsaturated/α-hetero) is 1. The van der Waals surface area contributed by atoms with E-state index in [0.29, 0.717) is 5.56 Å². The van der Waals surface area contributed by atoms with E-state index < -0.39 is 29.3 Å². The lowest BCUT2D eigenvalue weighted by Gasteiger charge is -2.13. The van der Waals surface area contributed by atoms with Gasteiger partial charge in [0.2, 0.25) is 5.82 Å². The molecule has 0 aliphatic heterocycles. The van der Waals surface area contributed by atoms with Crippen LogP contribution in [0.15, 0.2) is 42.5 Å². The van der Waals surface area contributed by atoms with Gasteiger partial charge in [0.05, 0.1) is 12.7 Å². The number of halogens is 2. The van der Waals surface area contributed by atoms with Crippen molar-refractivity contribution in [2.75, 3.05) is 7.11 Å². The zero-order valence-electron chi connectivity index (χ0n) is 10.6. The normalized spacial score (nSPS) is 12.0. The number of hydrogen-bond acceptors (Lipinski definition) is 3. The smallest absolute Gasteiger partial charge is 0.201 e. The lowest BCUT2D eigenvalue weighted by molar-refractivity contribution is 0.0743. The van der Waals surface area contributed by atoms with Gasteiger partial charge in [0.15, 0.2) is 17.3 Å². The molecule has 0 aliphatic rings. The van der Waals surface area contributed by atoms with Crippen LogP contribution in [-0.2, 0) is 0 Å². The van der Waals surface area contributed by atoms with Gasteiger partial charge in [-0.1, -0.05) is 30.3 Å². The lowest BCUT2D eigenvalue weighted by Crippen LogP contribution is -2.14. The number of carbonyl (C=O) groups excluding carboxylic acids is 1. The number of aliphatic hydroxyl groups is 1. The summed E-state index contributed by atoms with van der Waals surface area (Å²) in [5, 5.41) is 10.0. The quantitative estimate of drug-likeness (QED) is 0.875. The maximum absolute atomic E-state index is 13.6. The van der Waals surface area contributed by atoms with Gasteiger partial charge >= 0.3 is 0 Å². The molecule has 0 heterocycles. The van der Waals surface area contributed by atoms with Crippen LogP contribution in [0.1, 0.15) is 22.0 Å². The molecule has 1 unspecified atom stereocenters. The van der Waals surface area contributed by atoms with E-state index in [0.717, 1.165) is 19.2 Å². The first-order valence-corrected chi connectivity index (χ1v) is 5.85. The van der Waals surface area contributed by atoms with E-state index >= 15 is 0 Å². The molecule has 0 saturated heterocycles. The minimum Gasteiger partial charge on any atom is -0.493 e. The molecule has 2 aromatic carbocycles. The summed E-state index contributed by atoms with van der Waals surface area (Å²) >= 11 is 0. The molecule has 0 spiro atoms. The van der Waals surface area contributed by atoms with Crippen molar-refractivity contribution in [3.63, 3.8) is 0 Å². The highest BCUT2D eigenvalue weighted by molar-refractivity contribution is 6.02. The van der Waals surface area contributed by atoms with Gasteiger partial charge in [-0.25, -0.2) is 4.39 Å². The minimum atomic E-state index is -1.46. The second-order valence-corrected chi connectivity index (χ2v) is 4.12. The molecule has 0 amide bonds. The van der Waals surface area contributed by atoms with Gasteiger partial charge in [-0.2, -0.15) is 4.39 Å². The van der Waals surface area contributed by atoms with Gasteiger partial charge in [0.25, 0.3) is 0 Å². The van der Waals surface area contributed by atoms with Gasteiger partial charge in [-0.3, -0.25) is 4.79 Å². The summed E-state index contributed by atoms with van der Waals surface area (Å²) in [5.41, 5.74) is 0.159. The Kier molecular flexibility index (Phi) is 4.10. The molecule has 20 heavy (non-hydrogen) atoms. The van der Waals surface area contributed by atoms with Gasteiger partial charge < -0.3 is 9.84 Å². The number of methoxy groups -OCH3 is 1. The second kappa shape index (κ2) is 5.79. The predicted octanol–water partition coefficient (Wildman–Crippen LogP) is 2.89. The van der Waals surface area contributed by atoms with Crippen LogP contribution in [0, 0.1) is 11.6 Å². The van der Waals surface area contributed by atoms with Crippen molar-refractivity contribution < 1.29 is 23.4 Å². The molecular weight excluding hydrogens is 266 g/mol. The molecule has 0 aliphatic carbocycles. The molecule has 0 radical (unpaired) electrons. The molecule has 0 saturated carbocycles. The van der Waals surface area contributed by atoms with Crippen molar-refractivity contribution in [2.45, 2.75) is 6.10 Å². The third-order valence-corrected chi connectivity index (χ3v) is 2.88. The topological polar surface area (TPSA) is 46.5 Å². The Morgan fingerprint density at radius 1 is 1.15 bits per heavy atom. The van der Waals surface area contributed by atoms with Crippen LogP contribution < -0.4 is 4.74 Å². The number of rotatable bonds is 4. The van der Waals surface area contributed by atoms with Crippen molar-refractivity contribution in [1.29, 1.82) is 0 Å². The van der Waals surface area contributed by atoms with Crippen LogP contribution in [0.25, 0.3) is 0 Å². The maximum atomic E-state index is 13.6. The van der Waals surface area contributed by atoms with E-state index in [2.05, 4.69) is 0 Å². The third kappa shape index (κ3) is 2.53. The van der Waals surface area contributed by atoms with Gasteiger partial charge in [0, 0.05) is 0 Å². The summed E-state index contributed by atoms with van der Waals surface area (Å²) in [6, 6.07) is 10.1. The fourth-order valence-corrected chi connectivity index (χ4v) is 1.86. The Hall–Kier alpha value is -2.27. The van der Waals surface area contributed by atoms with E-state index in [1.165, 1.54) is 0 Å². The fourth-order valence-electron chi connectivity index (χ4n) is 1.86. The van der Waals surface area contributed by atoms with Crippen molar-refractivity contribution in [3.05, 3.63) is 65.2 Å². The summed E-state index contributed by atoms with van der Waals surface area (Å²) in [7, 11) is 1.13. The van der Waals surface area contributed by atoms with Crippen LogP contribution in [0.3, 0.4) is 0 Å². The van der Waals surface area contributed by atoms with Crippen LogP contribution in [0.5, 0.6) is 5.75 Å². The first-order chi connectivity index (χ1) is 9.56. The Labute approximate surface area is 114 Å². The standard InChI is InChI=1S/C15H12F2O3/c1-20-15-10(7-8-11(16)12(15)17)14(19)13(18)9-5-3-2-4-6-9/h2-8,13,18H,1H3. The number of ketones is 1. The molecule has 5 heteroatoms. The van der Waals surface area contributed by atoms with E-state index in [4.69, 9.17) is 4.74 Å². The Balaban J connectivity index is 2.42. The summed E-state index contributed by atoms with van der Waals surface area (Å²) in [4.78, 5) is 12.2. The Bertz CT molecular complexity index is 627. The molecule has 0 bridgehead atoms. The van der Waals surface area contributed by atoms with Crippen molar-refractivity contribution in [1.82, 2.24) is 0 Å². The Morgan fingerprint density at radius 2 is 1.80 bits per heavy atom. The molecule has 1 atom stereocenters. The van der Waals surface area contributed by atoms with E-state index in [9.17, 15) is 18.7 Å². The van der Waals surface area contributed by atoms with Crippen LogP contribution >= 0.6 is 0 Å². The summed E-state index contributed by atoms with van der Waals surface area (Å²) in [6.45, 7) is 0. The van der Waals surface area contributed by atoms with Crippen LogP contribution in [0.4, 0.5) is 8.78 Å². The van der Waals surface area contributed by atoms with Gasteiger partial charge in [0.1, 0.15) is 6.10 Å². The average Bonchev–Trinajstić information content (AvgIpc) is 2.49. The predicted molar refractivity (Wildman–Crippen MR) is 68.6 cm³/mol. The van der Waals surface area contributed by atoms with E-state index in [-0.39, 0.29) is 5.56 Å². The molecular formula is C15H12F2O3. The molecule has 2 rings (SSSR count). The Morgan fingerprint density at radius 3 is 2.40 bits per heavy atom. The number of aliphatic hydroxyl groups excluding tert-OH is 1. The number of carbonyl (C=O) groups is 1. The third-order valence-electron chi connectivity index (χ3n) is 2.88. The highest BCUT2D eigenvalue weighted by Crippen LogP contribution is 2.29. The van der Waals surface area contributed by atoms with Crippen LogP contribution in [-0.4, -0.2) is 18.0 Å². The zero-order chi connectivity index (χ0) is 14.7. The highest BCUT2D eigenvalue weighted by Gasteiger charge is 2.25. The molecule has 104 valence electrons. The largest absolute Gasteiger partial charge is 0.493 e. The SMILES string of the molecule is COc1c(C(=O)C(O)c2ccccc2)ccc(F)c1F. The molecule has 0 fully saturated rings. The molecule has 2 aromatic rings. The first-order valence-electron chi connectivity index (χ1n) is 5.85. The van der Waals surface area contributed by atoms with E-state index in [1.807, 2.05) is 0 Å². The zero-order valence-corrected chi connectivity index (χ0v) is 10.6. The van der Waals surface area contributed by atoms with Gasteiger partial charge in [-0.05, 0) is 17.7 Å². The van der Waals surface area contributed by atoms with Crippen molar-refractivity contribution in [3.8, 4) is 5.75 Å². The number of hydrogen-bond donors (Lipinski definition) is 1. The van der Waals surface area contributed by atoms with Crippen molar-refractivity contribution >= 4 is 5.78 Å². The van der Waals surface area contributed by atoms with E-state index in [1.54, 1.807) is 30.3 Å². The molecule has 0 aromatic heterocycles. The van der Waals surface area contributed by atoms with Gasteiger partial charge in [-0.15, -0.1) is 0 Å². The van der Waals surface area contributed by atoms with Crippen LogP contribution in [0.2, 0.25) is 0 Å². The fraction of sp³-hybridized carbons (Fsp3) is 0.133. The second-order valence-electron chi connectivity index (χ2n) is 4.12. The average molecular weight is 278 g/mol. The number of ether oxygens (including phenoxy) is 1. The highest BCUT2D eigenvalue weighted by atomic mass is 19.2.